The van der Waals surface area contributed by atoms with Gasteiger partial charge in [0, 0.05) is 26.4 Å². The minimum absolute atomic E-state index is 0.0986. The number of hydrogen-bond donors (Lipinski definition) is 4. The maximum absolute atomic E-state index is 10.2. The third kappa shape index (κ3) is 38.3. The average Bonchev–Trinajstić information content (AvgIpc) is 3.36. The van der Waals surface area contributed by atoms with E-state index in [1.807, 2.05) is 0 Å². The summed E-state index contributed by atoms with van der Waals surface area (Å²) in [5.74, 6) is 0. The largest absolute Gasteiger partial charge is 0.436 e. The van der Waals surface area contributed by atoms with Crippen molar-refractivity contribution in [2.45, 2.75) is 284 Å². The molecule has 0 aromatic rings. The molecule has 0 rings (SSSR count). The predicted octanol–water partition coefficient (Wildman–Crippen LogP) is 15.9. The molecule has 4 N–H and O–H groups in total. The molecule has 0 aromatic heterocycles. The zero-order valence-corrected chi connectivity index (χ0v) is 68.5. The van der Waals surface area contributed by atoms with E-state index in [1.54, 1.807) is 0 Å². The number of unbranched alkanes of at least 4 members (excludes halogenated alkanes) is 2. The Morgan fingerprint density at radius 1 is 0.268 bits per heavy atom. The molecule has 0 amide bonds. The van der Waals surface area contributed by atoms with Crippen molar-refractivity contribution >= 4 is 83.7 Å². The first-order chi connectivity index (χ1) is 37.8. The third-order valence-corrected chi connectivity index (χ3v) is 59.6. The van der Waals surface area contributed by atoms with E-state index >= 15 is 0 Å². The Labute approximate surface area is 518 Å². The normalized spacial score (nSPS) is 14.2. The summed E-state index contributed by atoms with van der Waals surface area (Å²) in [6, 6.07) is 14.9. The molecule has 0 bridgehead atoms. The van der Waals surface area contributed by atoms with Gasteiger partial charge >= 0.3 is 34.2 Å². The molecule has 0 aliphatic carbocycles. The molecule has 0 unspecified atom stereocenters. The first kappa shape index (κ1) is 85.7. The van der Waals surface area contributed by atoms with Crippen LogP contribution in [0.15, 0.2) is 0 Å². The smallest absolute Gasteiger partial charge is 0.312 e. The molecule has 0 heterocycles. The van der Waals surface area contributed by atoms with Crippen LogP contribution in [0.4, 0.5) is 0 Å². The van der Waals surface area contributed by atoms with Crippen LogP contribution < -0.4 is 0 Å². The second-order valence-electron chi connectivity index (χ2n) is 28.8. The number of ether oxygens (including phenoxy) is 4. The Morgan fingerprint density at radius 3 is 0.646 bits per heavy atom. The van der Waals surface area contributed by atoms with Crippen LogP contribution in [-0.2, 0) is 43.6 Å². The second kappa shape index (κ2) is 41.2. The maximum atomic E-state index is 10.2. The van der Waals surface area contributed by atoms with Crippen LogP contribution in [0.25, 0.3) is 0 Å². The Morgan fingerprint density at radius 2 is 0.463 bits per heavy atom. The summed E-state index contributed by atoms with van der Waals surface area (Å²) in [4.78, 5) is 0. The van der Waals surface area contributed by atoms with Gasteiger partial charge in [-0.1, -0.05) is 129 Å². The summed E-state index contributed by atoms with van der Waals surface area (Å²) < 4.78 is 64.3. The lowest BCUT2D eigenvalue weighted by Crippen LogP contribution is -2.56. The molecule has 24 heteroatoms. The van der Waals surface area contributed by atoms with Gasteiger partial charge in [-0.05, 0) is 155 Å². The van der Waals surface area contributed by atoms with E-state index in [0.29, 0.717) is 39.6 Å². The molecule has 0 aromatic carbocycles. The monoisotopic (exact) mass is 1340 g/mol. The molecule has 0 spiro atoms. The van der Waals surface area contributed by atoms with Gasteiger partial charge in [0.1, 0.15) is 0 Å². The first-order valence-corrected chi connectivity index (χ1v) is 62.1. The molecule has 0 aliphatic heterocycles. The Balaban J connectivity index is 0. The van der Waals surface area contributed by atoms with Crippen LogP contribution in [0.1, 0.15) is 107 Å². The summed E-state index contributed by atoms with van der Waals surface area (Å²) >= 11 is 0. The van der Waals surface area contributed by atoms with Gasteiger partial charge in [-0.25, -0.2) is 0 Å². The van der Waals surface area contributed by atoms with Gasteiger partial charge in [-0.2, -0.15) is 0 Å². The number of aliphatic hydroxyl groups is 4. The van der Waals surface area contributed by atoms with Crippen LogP contribution in [0.3, 0.4) is 0 Å². The number of hydrogen-bond acceptors (Lipinski definition) is 14. The molecule has 0 aliphatic rings. The van der Waals surface area contributed by atoms with Crippen LogP contribution >= 0.6 is 0 Å². The van der Waals surface area contributed by atoms with Crippen molar-refractivity contribution in [3.63, 3.8) is 0 Å². The molecule has 0 fully saturated rings. The minimum atomic E-state index is -2.40. The van der Waals surface area contributed by atoms with Gasteiger partial charge in [0.25, 0.3) is 0 Å². The van der Waals surface area contributed by atoms with Crippen LogP contribution in [0, 0.1) is 10.8 Å². The Kier molecular flexibility index (Phi) is 43.0. The summed E-state index contributed by atoms with van der Waals surface area (Å²) in [5.41, 5.74) is -1.52. The Bertz CT molecular complexity index is 1470. The van der Waals surface area contributed by atoms with E-state index in [4.69, 9.17) is 43.6 Å². The highest BCUT2D eigenvalue weighted by Crippen LogP contribution is 2.32. The second-order valence-corrected chi connectivity index (χ2v) is 72.3. The molecule has 0 saturated heterocycles. The van der Waals surface area contributed by atoms with Gasteiger partial charge in [-0.15, -0.1) is 0 Å². The van der Waals surface area contributed by atoms with Crippen molar-refractivity contribution in [1.82, 2.24) is 0 Å². The van der Waals surface area contributed by atoms with Gasteiger partial charge in [0.2, 0.25) is 0 Å². The van der Waals surface area contributed by atoms with E-state index in [-0.39, 0.29) is 39.6 Å². The molecule has 496 valence electrons. The van der Waals surface area contributed by atoms with Crippen LogP contribution in [-0.4, -0.2) is 183 Å². The van der Waals surface area contributed by atoms with E-state index in [1.165, 1.54) is 74.0 Å². The highest BCUT2D eigenvalue weighted by Gasteiger charge is 2.45. The Hall–Kier alpha value is 1.61. The van der Waals surface area contributed by atoms with E-state index in [2.05, 4.69) is 160 Å². The van der Waals surface area contributed by atoms with Crippen molar-refractivity contribution in [2.75, 3.05) is 79.3 Å². The highest BCUT2D eigenvalue weighted by atomic mass is 28.5. The fourth-order valence-corrected chi connectivity index (χ4v) is 57.8. The van der Waals surface area contributed by atoms with E-state index in [9.17, 15) is 20.4 Å². The molecule has 0 saturated carbocycles. The SMILES string of the molecule is CCCC[Si](C)(C)O[Si](C)(C)O[Si](C)(C)O[Si](C)(C)CCCOCC(CO)(CO)COCCC[Si](C)(C)O[Si](C)(C)O[Si](C)(C)O[Si](C)(C)CCCC.CC[Si](CC)(CC)CCCOCC(CO)(CO)COCCC[Si](CC)(CC)CC. The fraction of sp³-hybridized carbons (Fsp3) is 1.00. The summed E-state index contributed by atoms with van der Waals surface area (Å²) in [5, 5.41) is 40.2. The quantitative estimate of drug-likeness (QED) is 0.0335. The lowest BCUT2D eigenvalue weighted by Gasteiger charge is -2.41. The topological polar surface area (TPSA) is 173 Å². The highest BCUT2D eigenvalue weighted by molar-refractivity contribution is 6.90. The van der Waals surface area contributed by atoms with Crippen molar-refractivity contribution in [3.8, 4) is 0 Å². The predicted molar refractivity (Wildman–Crippen MR) is 374 cm³/mol. The van der Waals surface area contributed by atoms with Gasteiger partial charge < -0.3 is 64.1 Å². The van der Waals surface area contributed by atoms with Crippen LogP contribution in [0.2, 0.25) is 177 Å². The molecule has 0 atom stereocenters. The van der Waals surface area contributed by atoms with Crippen molar-refractivity contribution in [3.05, 3.63) is 0 Å². The zero-order chi connectivity index (χ0) is 63.7. The van der Waals surface area contributed by atoms with Gasteiger partial charge in [-0.3, -0.25) is 0 Å². The average molecular weight is 1340 g/mol. The maximum Gasteiger partial charge on any atom is 0.312 e. The van der Waals surface area contributed by atoms with Crippen LogP contribution in [0.5, 0.6) is 0 Å². The van der Waals surface area contributed by atoms with Gasteiger partial charge in [0.05, 0.1) is 79.8 Å². The van der Waals surface area contributed by atoms with Gasteiger partial charge in [0.15, 0.2) is 33.3 Å². The molecular formula is C58H140O14Si10. The number of rotatable bonds is 52. The fourth-order valence-electron chi connectivity index (χ4n) is 11.9. The third-order valence-electron chi connectivity index (χ3n) is 16.9. The van der Waals surface area contributed by atoms with Crippen molar-refractivity contribution in [1.29, 1.82) is 0 Å². The van der Waals surface area contributed by atoms with Crippen molar-refractivity contribution < 1.29 is 64.1 Å². The lowest BCUT2D eigenvalue weighted by molar-refractivity contribution is -0.0769. The molecule has 82 heavy (non-hydrogen) atoms. The summed E-state index contributed by atoms with van der Waals surface area (Å²) in [6.45, 7) is 57.1. The summed E-state index contributed by atoms with van der Waals surface area (Å²) in [6.07, 6.45) is 8.66. The van der Waals surface area contributed by atoms with Crippen molar-refractivity contribution in [2.24, 2.45) is 10.8 Å². The standard InChI is InChI=1S/C35H88O10Si8.C23H52O4Si2/c1-19-21-27-46(3,4)40-50(11,12)44-52(15,16)42-48(7,8)29-23-25-38-33-35(31-36,32-37)34-39-26-24-30-49(9,10)43-53(17,18)45-51(13,14)41-47(5,6)28-22-20-2;1-7-28(8-2,9-3)17-13-15-26-21-23(19-24,20-25)22-27-16-14-18-29(10-4,11-5)12-6/h36-37H,19-34H2,1-18H3;24-25H,7-22H2,1-6H3. The summed E-state index contributed by atoms with van der Waals surface area (Å²) in [7, 11) is -19.2. The first-order valence-electron chi connectivity index (χ1n) is 32.8. The molecule has 14 nitrogen and oxygen atoms in total. The molecule has 0 radical (unpaired) electrons. The zero-order valence-electron chi connectivity index (χ0n) is 58.5. The number of aliphatic hydroxyl groups excluding tert-OH is 4. The van der Waals surface area contributed by atoms with E-state index < -0.39 is 94.5 Å². The lowest BCUT2D eigenvalue weighted by atomic mass is 9.92. The minimum Gasteiger partial charge on any atom is -0.436 e. The van der Waals surface area contributed by atoms with E-state index in [0.717, 1.165) is 49.9 Å². The molecular weight excluding hydrogens is 1200 g/mol.